The van der Waals surface area contributed by atoms with Gasteiger partial charge in [0.25, 0.3) is 0 Å². The van der Waals surface area contributed by atoms with Crippen molar-refractivity contribution in [2.24, 2.45) is 0 Å². The summed E-state index contributed by atoms with van der Waals surface area (Å²) in [6.07, 6.45) is 0. The summed E-state index contributed by atoms with van der Waals surface area (Å²) in [6.45, 7) is 13.7. The van der Waals surface area contributed by atoms with Gasteiger partial charge in [0, 0.05) is 5.56 Å². The van der Waals surface area contributed by atoms with Gasteiger partial charge in [-0.25, -0.2) is 0 Å². The van der Waals surface area contributed by atoms with Crippen molar-refractivity contribution in [2.45, 2.75) is 45.8 Å². The van der Waals surface area contributed by atoms with Crippen molar-refractivity contribution < 1.29 is 0 Å². The van der Waals surface area contributed by atoms with E-state index in [1.165, 1.54) is 5.56 Å². The Morgan fingerprint density at radius 2 is 1.50 bits per heavy atom. The van der Waals surface area contributed by atoms with Gasteiger partial charge in [0.2, 0.25) is 0 Å². The molecular weight excluding hydrogens is 208 g/mol. The average Bonchev–Trinajstić information content (AvgIpc) is 2.15. The summed E-state index contributed by atoms with van der Waals surface area (Å²) in [7, 11) is -1.46. The van der Waals surface area contributed by atoms with E-state index >= 15 is 0 Å². The molecule has 16 heavy (non-hydrogen) atoms. The highest BCUT2D eigenvalue weighted by Gasteiger charge is 2.33. The van der Waals surface area contributed by atoms with Gasteiger partial charge in [-0.15, -0.1) is 5.54 Å². The monoisotopic (exact) mass is 230 g/mol. The third-order valence-corrected chi connectivity index (χ3v) is 7.95. The van der Waals surface area contributed by atoms with Crippen LogP contribution in [0.5, 0.6) is 0 Å². The van der Waals surface area contributed by atoms with Gasteiger partial charge in [-0.1, -0.05) is 57.5 Å². The van der Waals surface area contributed by atoms with E-state index in [1.807, 2.05) is 0 Å². The van der Waals surface area contributed by atoms with Gasteiger partial charge in [-0.05, 0) is 24.1 Å². The molecule has 1 aromatic carbocycles. The molecule has 0 bridgehead atoms. The Morgan fingerprint density at radius 3 is 1.94 bits per heavy atom. The van der Waals surface area contributed by atoms with Crippen molar-refractivity contribution in [2.75, 3.05) is 0 Å². The molecule has 0 amide bonds. The molecule has 0 aliphatic carbocycles. The van der Waals surface area contributed by atoms with Crippen molar-refractivity contribution in [3.8, 4) is 11.5 Å². The molecule has 0 radical (unpaired) electrons. The Hall–Kier alpha value is -1.00. The fourth-order valence-corrected chi connectivity index (χ4v) is 1.88. The Labute approximate surface area is 101 Å². The zero-order chi connectivity index (χ0) is 12.4. The molecule has 0 unspecified atom stereocenters. The number of hydrogen-bond acceptors (Lipinski definition) is 0. The molecule has 0 saturated heterocycles. The molecule has 0 aliphatic rings. The predicted molar refractivity (Wildman–Crippen MR) is 75.3 cm³/mol. The lowest BCUT2D eigenvalue weighted by atomic mass is 10.2. The molecule has 1 rings (SSSR count). The molecule has 0 N–H and O–H groups in total. The minimum Gasteiger partial charge on any atom is -0.126 e. The lowest BCUT2D eigenvalue weighted by Gasteiger charge is -2.31. The van der Waals surface area contributed by atoms with E-state index in [0.29, 0.717) is 5.04 Å². The predicted octanol–water partition coefficient (Wildman–Crippen LogP) is 4.39. The third-order valence-electron chi connectivity index (χ3n) is 3.45. The van der Waals surface area contributed by atoms with Crippen LogP contribution in [0.4, 0.5) is 0 Å². The summed E-state index contributed by atoms with van der Waals surface area (Å²) in [5.41, 5.74) is 5.95. The van der Waals surface area contributed by atoms with Crippen molar-refractivity contribution in [1.29, 1.82) is 0 Å². The lowest BCUT2D eigenvalue weighted by Crippen LogP contribution is -2.35. The first-order chi connectivity index (χ1) is 7.22. The van der Waals surface area contributed by atoms with Crippen LogP contribution in [0.3, 0.4) is 0 Å². The van der Waals surface area contributed by atoms with Crippen LogP contribution >= 0.6 is 0 Å². The molecule has 0 fully saturated rings. The molecule has 0 saturated carbocycles. The smallest absolute Gasteiger partial charge is 0.126 e. The second-order valence-corrected chi connectivity index (χ2v) is 11.0. The summed E-state index contributed by atoms with van der Waals surface area (Å²) in [4.78, 5) is 0. The fraction of sp³-hybridized carbons (Fsp3) is 0.467. The van der Waals surface area contributed by atoms with E-state index < -0.39 is 8.07 Å². The zero-order valence-corrected chi connectivity index (χ0v) is 12.3. The molecule has 0 aromatic heterocycles. The lowest BCUT2D eigenvalue weighted by molar-refractivity contribution is 0.731. The minimum atomic E-state index is -1.46. The second-order valence-electron chi connectivity index (χ2n) is 5.99. The molecule has 0 nitrogen and oxygen atoms in total. The molecule has 0 atom stereocenters. The summed E-state index contributed by atoms with van der Waals surface area (Å²) < 4.78 is 0. The number of benzene rings is 1. The van der Waals surface area contributed by atoms with Crippen LogP contribution in [0.2, 0.25) is 18.1 Å². The van der Waals surface area contributed by atoms with Gasteiger partial charge < -0.3 is 0 Å². The minimum absolute atomic E-state index is 0.338. The molecule has 1 aromatic rings. The first kappa shape index (κ1) is 13.1. The van der Waals surface area contributed by atoms with Crippen LogP contribution in [-0.4, -0.2) is 8.07 Å². The fourth-order valence-electron chi connectivity index (χ4n) is 1.05. The van der Waals surface area contributed by atoms with E-state index in [4.69, 9.17) is 0 Å². The van der Waals surface area contributed by atoms with Gasteiger partial charge in [-0.2, -0.15) is 0 Å². The number of aryl methyl sites for hydroxylation is 1. The second kappa shape index (κ2) is 4.47. The van der Waals surface area contributed by atoms with Gasteiger partial charge >= 0.3 is 0 Å². The van der Waals surface area contributed by atoms with Gasteiger partial charge in [-0.3, -0.25) is 0 Å². The van der Waals surface area contributed by atoms with Crippen molar-refractivity contribution >= 4 is 8.07 Å². The maximum Gasteiger partial charge on any atom is 0.138 e. The molecule has 0 heterocycles. The molecule has 86 valence electrons. The number of hydrogen-bond donors (Lipinski definition) is 0. The zero-order valence-electron chi connectivity index (χ0n) is 11.3. The van der Waals surface area contributed by atoms with Crippen LogP contribution in [0, 0.1) is 18.4 Å². The Morgan fingerprint density at radius 1 is 1.00 bits per heavy atom. The van der Waals surface area contributed by atoms with Gasteiger partial charge in [0.05, 0.1) is 0 Å². The van der Waals surface area contributed by atoms with E-state index in [-0.39, 0.29) is 0 Å². The van der Waals surface area contributed by atoms with Crippen molar-refractivity contribution in [3.05, 3.63) is 35.4 Å². The quantitative estimate of drug-likeness (QED) is 0.458. The van der Waals surface area contributed by atoms with E-state index in [1.54, 1.807) is 0 Å². The molecular formula is C15H22Si. The van der Waals surface area contributed by atoms with Crippen LogP contribution in [0.1, 0.15) is 31.9 Å². The summed E-state index contributed by atoms with van der Waals surface area (Å²) in [6, 6.07) is 8.45. The van der Waals surface area contributed by atoms with E-state index in [0.717, 1.165) is 5.56 Å². The maximum absolute atomic E-state index is 3.52. The SMILES string of the molecule is Cc1ccc(C#C[Si](C)(C)C(C)(C)C)cc1. The standard InChI is InChI=1S/C15H22Si/c1-13-7-9-14(10-8-13)11-12-16(5,6)15(2,3)4/h7-10H,1-6H3. The average molecular weight is 230 g/mol. The van der Waals surface area contributed by atoms with E-state index in [2.05, 4.69) is 76.5 Å². The first-order valence-corrected chi connectivity index (χ1v) is 8.82. The summed E-state index contributed by atoms with van der Waals surface area (Å²) in [5, 5.41) is 0.338. The highest BCUT2D eigenvalue weighted by atomic mass is 28.3. The van der Waals surface area contributed by atoms with Gasteiger partial charge in [0.15, 0.2) is 0 Å². The Kier molecular flexibility index (Phi) is 3.65. The van der Waals surface area contributed by atoms with Crippen LogP contribution in [0.15, 0.2) is 24.3 Å². The van der Waals surface area contributed by atoms with Crippen molar-refractivity contribution in [3.63, 3.8) is 0 Å². The molecule has 0 aliphatic heterocycles. The Bertz CT molecular complexity index is 407. The number of rotatable bonds is 0. The van der Waals surface area contributed by atoms with Crippen LogP contribution < -0.4 is 0 Å². The van der Waals surface area contributed by atoms with E-state index in [9.17, 15) is 0 Å². The van der Waals surface area contributed by atoms with Crippen molar-refractivity contribution in [1.82, 2.24) is 0 Å². The topological polar surface area (TPSA) is 0 Å². The Balaban J connectivity index is 2.94. The van der Waals surface area contributed by atoms with Gasteiger partial charge in [0.1, 0.15) is 8.07 Å². The normalized spacial score (nSPS) is 11.9. The van der Waals surface area contributed by atoms with Crippen LogP contribution in [-0.2, 0) is 0 Å². The molecule has 0 spiro atoms. The highest BCUT2D eigenvalue weighted by Crippen LogP contribution is 2.35. The highest BCUT2D eigenvalue weighted by molar-refractivity contribution is 6.87. The third kappa shape index (κ3) is 3.25. The largest absolute Gasteiger partial charge is 0.138 e. The first-order valence-electron chi connectivity index (χ1n) is 5.82. The molecule has 1 heteroatoms. The summed E-state index contributed by atoms with van der Waals surface area (Å²) >= 11 is 0. The maximum atomic E-state index is 3.52. The summed E-state index contributed by atoms with van der Waals surface area (Å²) in [5.74, 6) is 3.33. The van der Waals surface area contributed by atoms with Crippen LogP contribution in [0.25, 0.3) is 0 Å².